The zero-order valence-corrected chi connectivity index (χ0v) is 18.6. The smallest absolute Gasteiger partial charge is 0.248 e. The number of hydrogen-bond acceptors (Lipinski definition) is 8. The second-order valence-electron chi connectivity index (χ2n) is 7.36. The summed E-state index contributed by atoms with van der Waals surface area (Å²) in [5.41, 5.74) is 2.08. The van der Waals surface area contributed by atoms with E-state index in [-0.39, 0.29) is 5.91 Å². The van der Waals surface area contributed by atoms with Crippen LogP contribution in [0.15, 0.2) is 39.4 Å². The Morgan fingerprint density at radius 1 is 1.10 bits per heavy atom. The van der Waals surface area contributed by atoms with Crippen molar-refractivity contribution < 1.29 is 18.7 Å². The highest BCUT2D eigenvalue weighted by Crippen LogP contribution is 2.28. The highest BCUT2D eigenvalue weighted by molar-refractivity contribution is 7.08. The van der Waals surface area contributed by atoms with E-state index in [2.05, 4.69) is 15.1 Å². The molecule has 1 aliphatic heterocycles. The number of aryl methyl sites for hydroxylation is 1. The normalized spacial score (nSPS) is 14.6. The van der Waals surface area contributed by atoms with Gasteiger partial charge in [0.25, 0.3) is 0 Å². The molecule has 9 heteroatoms. The Kier molecular flexibility index (Phi) is 6.83. The fourth-order valence-electron chi connectivity index (χ4n) is 3.62. The van der Waals surface area contributed by atoms with Crippen molar-refractivity contribution in [3.63, 3.8) is 0 Å². The van der Waals surface area contributed by atoms with Crippen LogP contribution in [0, 0.1) is 0 Å². The zero-order chi connectivity index (χ0) is 21.6. The molecule has 4 rings (SSSR count). The van der Waals surface area contributed by atoms with E-state index in [1.807, 2.05) is 39.9 Å². The first kappa shape index (κ1) is 21.3. The molecule has 3 aromatic rings. The van der Waals surface area contributed by atoms with Crippen LogP contribution in [-0.2, 0) is 17.8 Å². The number of carbonyl (C=O) groups excluding carboxylic acids is 1. The van der Waals surface area contributed by atoms with Crippen LogP contribution in [-0.4, -0.2) is 66.3 Å². The number of ether oxygens (including phenoxy) is 2. The molecule has 0 spiro atoms. The van der Waals surface area contributed by atoms with E-state index in [4.69, 9.17) is 13.9 Å². The highest BCUT2D eigenvalue weighted by atomic mass is 32.1. The van der Waals surface area contributed by atoms with Gasteiger partial charge in [-0.25, -0.2) is 0 Å². The van der Waals surface area contributed by atoms with Crippen molar-refractivity contribution in [2.45, 2.75) is 19.4 Å². The van der Waals surface area contributed by atoms with Crippen molar-refractivity contribution >= 4 is 17.2 Å². The van der Waals surface area contributed by atoms with Crippen LogP contribution in [0.25, 0.3) is 11.5 Å². The summed E-state index contributed by atoms with van der Waals surface area (Å²) in [7, 11) is 3.28. The molecule has 2 aromatic heterocycles. The van der Waals surface area contributed by atoms with Gasteiger partial charge >= 0.3 is 0 Å². The van der Waals surface area contributed by atoms with E-state index >= 15 is 0 Å². The molecule has 0 saturated carbocycles. The van der Waals surface area contributed by atoms with Gasteiger partial charge in [-0.2, -0.15) is 11.3 Å². The third-order valence-electron chi connectivity index (χ3n) is 5.37. The van der Waals surface area contributed by atoms with Gasteiger partial charge in [0, 0.05) is 56.5 Å². The van der Waals surface area contributed by atoms with Gasteiger partial charge in [-0.05, 0) is 29.1 Å². The van der Waals surface area contributed by atoms with Crippen LogP contribution in [0.2, 0.25) is 0 Å². The first-order chi connectivity index (χ1) is 15.2. The molecule has 0 radical (unpaired) electrons. The Balaban J connectivity index is 1.24. The molecule has 0 N–H and O–H groups in total. The summed E-state index contributed by atoms with van der Waals surface area (Å²) in [6.07, 6.45) is 0.836. The highest BCUT2D eigenvalue weighted by Gasteiger charge is 2.22. The lowest BCUT2D eigenvalue weighted by Crippen LogP contribution is -2.48. The maximum Gasteiger partial charge on any atom is 0.248 e. The van der Waals surface area contributed by atoms with E-state index in [0.29, 0.717) is 24.6 Å². The molecule has 1 aliphatic rings. The second-order valence-corrected chi connectivity index (χ2v) is 8.14. The number of aromatic nitrogens is 2. The molecule has 3 heterocycles. The zero-order valence-electron chi connectivity index (χ0n) is 17.7. The molecule has 0 aliphatic carbocycles. The summed E-state index contributed by atoms with van der Waals surface area (Å²) in [6, 6.07) is 7.92. The number of amides is 1. The predicted molar refractivity (Wildman–Crippen MR) is 117 cm³/mol. The number of benzene rings is 1. The first-order valence-corrected chi connectivity index (χ1v) is 11.2. The lowest BCUT2D eigenvalue weighted by molar-refractivity contribution is -0.133. The average Bonchev–Trinajstić information content (AvgIpc) is 3.50. The molecule has 0 atom stereocenters. The van der Waals surface area contributed by atoms with Crippen molar-refractivity contribution in [3.8, 4) is 23.0 Å². The molecule has 1 fully saturated rings. The molecule has 31 heavy (non-hydrogen) atoms. The predicted octanol–water partition coefficient (Wildman–Crippen LogP) is 3.09. The number of thiophene rings is 1. The fraction of sp³-hybridized carbons (Fsp3) is 0.409. The van der Waals surface area contributed by atoms with E-state index in [9.17, 15) is 4.79 Å². The maximum atomic E-state index is 12.6. The molecule has 8 nitrogen and oxygen atoms in total. The SMILES string of the molecule is COc1ccc(CN2CCN(C(=O)CCc3nnc(-c4ccsc4)o3)CC2)cc1OC. The summed E-state index contributed by atoms with van der Waals surface area (Å²) in [4.78, 5) is 16.9. The molecule has 1 aromatic carbocycles. The molecule has 1 saturated heterocycles. The fourth-order valence-corrected chi connectivity index (χ4v) is 4.25. The van der Waals surface area contributed by atoms with Gasteiger partial charge in [0.15, 0.2) is 11.5 Å². The number of nitrogens with zero attached hydrogens (tertiary/aromatic N) is 4. The van der Waals surface area contributed by atoms with Gasteiger partial charge < -0.3 is 18.8 Å². The van der Waals surface area contributed by atoms with Crippen LogP contribution in [0.5, 0.6) is 11.5 Å². The van der Waals surface area contributed by atoms with Crippen molar-refractivity contribution in [2.75, 3.05) is 40.4 Å². The van der Waals surface area contributed by atoms with Gasteiger partial charge in [-0.15, -0.1) is 10.2 Å². The number of methoxy groups -OCH3 is 2. The molecule has 0 bridgehead atoms. The van der Waals surface area contributed by atoms with Crippen molar-refractivity contribution in [3.05, 3.63) is 46.5 Å². The minimum absolute atomic E-state index is 0.126. The lowest BCUT2D eigenvalue weighted by Gasteiger charge is -2.34. The van der Waals surface area contributed by atoms with Gasteiger partial charge in [-0.1, -0.05) is 6.07 Å². The van der Waals surface area contributed by atoms with Crippen molar-refractivity contribution in [1.82, 2.24) is 20.0 Å². The summed E-state index contributed by atoms with van der Waals surface area (Å²) in [6.45, 7) is 3.92. The molecular formula is C22H26N4O4S. The van der Waals surface area contributed by atoms with Crippen molar-refractivity contribution in [1.29, 1.82) is 0 Å². The minimum atomic E-state index is 0.126. The summed E-state index contributed by atoms with van der Waals surface area (Å²) < 4.78 is 16.4. The maximum absolute atomic E-state index is 12.6. The number of rotatable bonds is 8. The minimum Gasteiger partial charge on any atom is -0.493 e. The monoisotopic (exact) mass is 442 g/mol. The third-order valence-corrected chi connectivity index (χ3v) is 6.05. The van der Waals surface area contributed by atoms with Crippen LogP contribution < -0.4 is 9.47 Å². The quantitative estimate of drug-likeness (QED) is 0.530. The Morgan fingerprint density at radius 3 is 2.61 bits per heavy atom. The Bertz CT molecular complexity index is 997. The Labute approximate surface area is 185 Å². The second kappa shape index (κ2) is 9.93. The average molecular weight is 443 g/mol. The summed E-state index contributed by atoms with van der Waals surface area (Å²) in [5, 5.41) is 12.1. The van der Waals surface area contributed by atoms with Gasteiger partial charge in [0.1, 0.15) is 0 Å². The number of carbonyl (C=O) groups is 1. The van der Waals surface area contributed by atoms with Crippen molar-refractivity contribution in [2.24, 2.45) is 0 Å². The largest absolute Gasteiger partial charge is 0.493 e. The number of hydrogen-bond donors (Lipinski definition) is 0. The van der Waals surface area contributed by atoms with E-state index in [1.54, 1.807) is 25.6 Å². The van der Waals surface area contributed by atoms with Gasteiger partial charge in [-0.3, -0.25) is 9.69 Å². The van der Waals surface area contributed by atoms with Crippen LogP contribution >= 0.6 is 11.3 Å². The van der Waals surface area contributed by atoms with E-state index in [0.717, 1.165) is 55.3 Å². The van der Waals surface area contributed by atoms with Gasteiger partial charge in [0.2, 0.25) is 17.7 Å². The van der Waals surface area contributed by atoms with E-state index in [1.165, 1.54) is 0 Å². The Morgan fingerprint density at radius 2 is 1.90 bits per heavy atom. The van der Waals surface area contributed by atoms with Gasteiger partial charge in [0.05, 0.1) is 14.2 Å². The molecular weight excluding hydrogens is 416 g/mol. The standard InChI is InChI=1S/C22H26N4O4S/c1-28-18-4-3-16(13-19(18)29-2)14-25-8-10-26(11-9-25)21(27)6-5-20-23-24-22(30-20)17-7-12-31-15-17/h3-4,7,12-13,15H,5-6,8-11,14H2,1-2H3. The lowest BCUT2D eigenvalue weighted by atomic mass is 10.1. The number of piperazine rings is 1. The van der Waals surface area contributed by atoms with Crippen LogP contribution in [0.4, 0.5) is 0 Å². The van der Waals surface area contributed by atoms with Crippen LogP contribution in [0.3, 0.4) is 0 Å². The van der Waals surface area contributed by atoms with E-state index < -0.39 is 0 Å². The molecule has 1 amide bonds. The molecule has 0 unspecified atom stereocenters. The topological polar surface area (TPSA) is 80.9 Å². The summed E-state index contributed by atoms with van der Waals surface area (Å²) in [5.74, 6) is 2.59. The molecule has 164 valence electrons. The summed E-state index contributed by atoms with van der Waals surface area (Å²) >= 11 is 1.58. The first-order valence-electron chi connectivity index (χ1n) is 10.2. The van der Waals surface area contributed by atoms with Crippen LogP contribution in [0.1, 0.15) is 17.9 Å². The Hall–Kier alpha value is -2.91. The third kappa shape index (κ3) is 5.23.